The minimum Gasteiger partial charge on any atom is -0.371 e. The van der Waals surface area contributed by atoms with Crippen LogP contribution in [0.25, 0.3) is 0 Å². The number of halogens is 1. The molecule has 0 radical (unpaired) electrons. The van der Waals surface area contributed by atoms with Gasteiger partial charge in [0.15, 0.2) is 0 Å². The predicted molar refractivity (Wildman–Crippen MR) is 85.3 cm³/mol. The Hall–Kier alpha value is -2.24. The van der Waals surface area contributed by atoms with Crippen molar-refractivity contribution in [3.05, 3.63) is 71.0 Å². The van der Waals surface area contributed by atoms with Gasteiger partial charge in [0.25, 0.3) is 0 Å². The highest BCUT2D eigenvalue weighted by atomic mass is 19.1. The van der Waals surface area contributed by atoms with E-state index in [4.69, 9.17) is 10.5 Å². The molecule has 3 rings (SSSR count). The van der Waals surface area contributed by atoms with Crippen LogP contribution in [-0.2, 0) is 11.3 Å². The van der Waals surface area contributed by atoms with Gasteiger partial charge in [-0.25, -0.2) is 4.39 Å². The maximum absolute atomic E-state index is 13.0. The zero-order chi connectivity index (χ0) is 16.2. The summed E-state index contributed by atoms with van der Waals surface area (Å²) in [5.74, 6) is -0.657. The minimum atomic E-state index is -0.417. The van der Waals surface area contributed by atoms with Crippen LogP contribution in [0, 0.1) is 5.82 Å². The van der Waals surface area contributed by atoms with E-state index in [-0.39, 0.29) is 11.9 Å². The summed E-state index contributed by atoms with van der Waals surface area (Å²) in [6, 6.07) is 13.8. The summed E-state index contributed by atoms with van der Waals surface area (Å²) >= 11 is 0. The van der Waals surface area contributed by atoms with Gasteiger partial charge in [0.2, 0.25) is 5.91 Å². The van der Waals surface area contributed by atoms with Crippen LogP contribution in [0.2, 0.25) is 0 Å². The van der Waals surface area contributed by atoms with Crippen molar-refractivity contribution in [2.45, 2.75) is 12.6 Å². The molecule has 0 spiro atoms. The number of carbonyl (C=O) groups excluding carboxylic acids is 1. The summed E-state index contributed by atoms with van der Waals surface area (Å²) in [6.07, 6.45) is -0.0470. The van der Waals surface area contributed by atoms with Crippen molar-refractivity contribution < 1.29 is 13.9 Å². The first-order valence-corrected chi connectivity index (χ1v) is 7.60. The molecular formula is C18H19FN2O2. The number of rotatable bonds is 4. The molecule has 1 fully saturated rings. The molecule has 0 bridgehead atoms. The van der Waals surface area contributed by atoms with Crippen LogP contribution in [-0.4, -0.2) is 30.5 Å². The lowest BCUT2D eigenvalue weighted by Crippen LogP contribution is -2.37. The molecule has 0 aromatic heterocycles. The zero-order valence-corrected chi connectivity index (χ0v) is 12.7. The van der Waals surface area contributed by atoms with Crippen molar-refractivity contribution in [3.63, 3.8) is 0 Å². The van der Waals surface area contributed by atoms with E-state index in [9.17, 15) is 9.18 Å². The third-order valence-electron chi connectivity index (χ3n) is 4.04. The molecule has 120 valence electrons. The fourth-order valence-corrected chi connectivity index (χ4v) is 2.76. The molecule has 5 heteroatoms. The average molecular weight is 314 g/mol. The first-order chi connectivity index (χ1) is 11.1. The summed E-state index contributed by atoms with van der Waals surface area (Å²) in [7, 11) is 0. The first-order valence-electron chi connectivity index (χ1n) is 7.60. The van der Waals surface area contributed by atoms with Crippen LogP contribution >= 0.6 is 0 Å². The largest absolute Gasteiger partial charge is 0.371 e. The second-order valence-electron chi connectivity index (χ2n) is 5.71. The van der Waals surface area contributed by atoms with Crippen LogP contribution < -0.4 is 5.73 Å². The van der Waals surface area contributed by atoms with Crippen LogP contribution in [0.5, 0.6) is 0 Å². The van der Waals surface area contributed by atoms with E-state index in [1.54, 1.807) is 24.3 Å². The highest BCUT2D eigenvalue weighted by Crippen LogP contribution is 2.23. The van der Waals surface area contributed by atoms with Gasteiger partial charge in [0.1, 0.15) is 5.82 Å². The molecule has 23 heavy (non-hydrogen) atoms. The van der Waals surface area contributed by atoms with E-state index >= 15 is 0 Å². The number of benzene rings is 2. The Kier molecular flexibility index (Phi) is 4.69. The van der Waals surface area contributed by atoms with Gasteiger partial charge in [0.05, 0.1) is 12.7 Å². The lowest BCUT2D eigenvalue weighted by atomic mass is 10.1. The quantitative estimate of drug-likeness (QED) is 0.943. The molecule has 2 aromatic rings. The Morgan fingerprint density at radius 2 is 1.87 bits per heavy atom. The second-order valence-corrected chi connectivity index (χ2v) is 5.71. The Morgan fingerprint density at radius 1 is 1.17 bits per heavy atom. The Labute approximate surface area is 134 Å². The molecule has 1 heterocycles. The third kappa shape index (κ3) is 3.94. The van der Waals surface area contributed by atoms with Gasteiger partial charge in [-0.1, -0.05) is 24.3 Å². The molecule has 1 saturated heterocycles. The predicted octanol–water partition coefficient (Wildman–Crippen LogP) is 2.50. The third-order valence-corrected chi connectivity index (χ3v) is 4.04. The van der Waals surface area contributed by atoms with Gasteiger partial charge in [-0.3, -0.25) is 9.69 Å². The van der Waals surface area contributed by atoms with E-state index < -0.39 is 5.91 Å². The number of morpholine rings is 1. The number of hydrogen-bond donors (Lipinski definition) is 1. The molecule has 1 amide bonds. The van der Waals surface area contributed by atoms with Gasteiger partial charge in [-0.2, -0.15) is 0 Å². The van der Waals surface area contributed by atoms with Crippen molar-refractivity contribution in [2.75, 3.05) is 19.7 Å². The van der Waals surface area contributed by atoms with Crippen LogP contribution in [0.15, 0.2) is 48.5 Å². The number of nitrogens with two attached hydrogens (primary N) is 1. The molecule has 0 aliphatic carbocycles. The number of primary amides is 1. The smallest absolute Gasteiger partial charge is 0.248 e. The maximum Gasteiger partial charge on any atom is 0.248 e. The molecule has 0 saturated carbocycles. The second kappa shape index (κ2) is 6.89. The first kappa shape index (κ1) is 15.6. The number of ether oxygens (including phenoxy) is 1. The van der Waals surface area contributed by atoms with E-state index in [0.29, 0.717) is 12.2 Å². The number of nitrogens with zero attached hydrogens (tertiary/aromatic N) is 1. The van der Waals surface area contributed by atoms with E-state index in [0.717, 1.165) is 30.8 Å². The lowest BCUT2D eigenvalue weighted by molar-refractivity contribution is -0.0329. The standard InChI is InChI=1S/C18H19FN2O2/c19-16-7-5-14(6-8-16)17-12-21(9-10-23-17)11-13-1-3-15(4-2-13)18(20)22/h1-8,17H,9-12H2,(H2,20,22). The molecule has 2 N–H and O–H groups in total. The fraction of sp³-hybridized carbons (Fsp3) is 0.278. The molecule has 1 atom stereocenters. The van der Waals surface area contributed by atoms with Gasteiger partial charge in [-0.15, -0.1) is 0 Å². The molecule has 1 unspecified atom stereocenters. The number of carbonyl (C=O) groups is 1. The number of hydrogen-bond acceptors (Lipinski definition) is 3. The highest BCUT2D eigenvalue weighted by molar-refractivity contribution is 5.92. The molecule has 2 aromatic carbocycles. The van der Waals surface area contributed by atoms with Crippen LogP contribution in [0.4, 0.5) is 4.39 Å². The minimum absolute atomic E-state index is 0.0470. The lowest BCUT2D eigenvalue weighted by Gasteiger charge is -2.33. The SMILES string of the molecule is NC(=O)c1ccc(CN2CCOC(c3ccc(F)cc3)C2)cc1. The van der Waals surface area contributed by atoms with Crippen molar-refractivity contribution in [3.8, 4) is 0 Å². The molecule has 1 aliphatic heterocycles. The van der Waals surface area contributed by atoms with Gasteiger partial charge in [-0.05, 0) is 35.4 Å². The van der Waals surface area contributed by atoms with Crippen molar-refractivity contribution in [1.29, 1.82) is 0 Å². The summed E-state index contributed by atoms with van der Waals surface area (Å²) in [4.78, 5) is 13.4. The van der Waals surface area contributed by atoms with E-state index in [2.05, 4.69) is 4.90 Å². The Balaban J connectivity index is 1.64. The van der Waals surface area contributed by atoms with Crippen LogP contribution in [0.1, 0.15) is 27.6 Å². The Bertz CT molecular complexity index is 670. The average Bonchev–Trinajstić information content (AvgIpc) is 2.56. The number of amides is 1. The van der Waals surface area contributed by atoms with Gasteiger partial charge < -0.3 is 10.5 Å². The van der Waals surface area contributed by atoms with Gasteiger partial charge >= 0.3 is 0 Å². The van der Waals surface area contributed by atoms with Crippen LogP contribution in [0.3, 0.4) is 0 Å². The Morgan fingerprint density at radius 3 is 2.52 bits per heavy atom. The monoisotopic (exact) mass is 314 g/mol. The summed E-state index contributed by atoms with van der Waals surface area (Å²) in [6.45, 7) is 3.01. The van der Waals surface area contributed by atoms with E-state index in [1.165, 1.54) is 12.1 Å². The maximum atomic E-state index is 13.0. The molecular weight excluding hydrogens is 295 g/mol. The topological polar surface area (TPSA) is 55.6 Å². The normalized spacial score (nSPS) is 18.7. The van der Waals surface area contributed by atoms with Crippen molar-refractivity contribution in [1.82, 2.24) is 4.90 Å². The molecule has 4 nitrogen and oxygen atoms in total. The van der Waals surface area contributed by atoms with E-state index in [1.807, 2.05) is 12.1 Å². The molecule has 1 aliphatic rings. The van der Waals surface area contributed by atoms with Crippen molar-refractivity contribution in [2.24, 2.45) is 5.73 Å². The summed E-state index contributed by atoms with van der Waals surface area (Å²) in [5.41, 5.74) is 7.87. The summed E-state index contributed by atoms with van der Waals surface area (Å²) in [5, 5.41) is 0. The zero-order valence-electron chi connectivity index (χ0n) is 12.7. The highest BCUT2D eigenvalue weighted by Gasteiger charge is 2.22. The summed E-state index contributed by atoms with van der Waals surface area (Å²) < 4.78 is 18.8. The van der Waals surface area contributed by atoms with Crippen molar-refractivity contribution >= 4 is 5.91 Å². The fourth-order valence-electron chi connectivity index (χ4n) is 2.76. The van der Waals surface area contributed by atoms with Gasteiger partial charge in [0, 0.05) is 25.2 Å².